The molecule has 3 nitrogen and oxygen atoms in total. The van der Waals surface area contributed by atoms with Crippen molar-refractivity contribution in [2.24, 2.45) is 0 Å². The Balaban J connectivity index is 2.61. The monoisotopic (exact) mass is 320 g/mol. The van der Waals surface area contributed by atoms with Gasteiger partial charge in [0.2, 0.25) is 0 Å². The van der Waals surface area contributed by atoms with Gasteiger partial charge >= 0.3 is 5.51 Å². The Bertz CT molecular complexity index is 705. The Morgan fingerprint density at radius 2 is 1.81 bits per heavy atom. The fourth-order valence-electron chi connectivity index (χ4n) is 2.83. The van der Waals surface area contributed by atoms with Crippen molar-refractivity contribution in [2.45, 2.75) is 37.6 Å². The lowest BCUT2D eigenvalue weighted by molar-refractivity contribution is -0.784. The van der Waals surface area contributed by atoms with E-state index in [4.69, 9.17) is 0 Å². The van der Waals surface area contributed by atoms with Crippen molar-refractivity contribution < 1.29 is 26.5 Å². The number of hydrogen-bond acceptors (Lipinski definition) is 2. The fourth-order valence-corrected chi connectivity index (χ4v) is 3.62. The zero-order valence-electron chi connectivity index (χ0n) is 12.0. The van der Waals surface area contributed by atoms with Gasteiger partial charge in [0, 0.05) is 24.1 Å². The van der Waals surface area contributed by atoms with E-state index in [2.05, 4.69) is 0 Å². The summed E-state index contributed by atoms with van der Waals surface area (Å²) in [5.74, 6) is 0. The topological polar surface area (TPSA) is 38.6 Å². The molecule has 1 unspecified atom stereocenters. The van der Waals surface area contributed by atoms with E-state index >= 15 is 0 Å². The summed E-state index contributed by atoms with van der Waals surface area (Å²) in [7, 11) is -5.30. The van der Waals surface area contributed by atoms with Gasteiger partial charge in [-0.05, 0) is 25.5 Å². The van der Waals surface area contributed by atoms with Gasteiger partial charge < -0.3 is 0 Å². The predicted octanol–water partition coefficient (Wildman–Crippen LogP) is 2.67. The predicted molar refractivity (Wildman–Crippen MR) is 73.7 cm³/mol. The quantitative estimate of drug-likeness (QED) is 0.930. The number of fused-ring (bicyclic) bond motifs is 1. The van der Waals surface area contributed by atoms with E-state index in [0.717, 1.165) is 40.3 Å². The second-order valence-electron chi connectivity index (χ2n) is 4.95. The van der Waals surface area contributed by atoms with Crippen LogP contribution in [0.3, 0.4) is 0 Å². The molecule has 1 N–H and O–H groups in total. The van der Waals surface area contributed by atoms with Crippen LogP contribution in [0.2, 0.25) is 0 Å². The third-order valence-corrected chi connectivity index (χ3v) is 5.35. The number of alkyl halides is 3. The molecule has 0 fully saturated rings. The van der Waals surface area contributed by atoms with Crippen LogP contribution in [0.25, 0.3) is 5.57 Å². The van der Waals surface area contributed by atoms with Crippen molar-refractivity contribution in [3.8, 4) is 0 Å². The highest BCUT2D eigenvalue weighted by molar-refractivity contribution is 7.92. The van der Waals surface area contributed by atoms with Gasteiger partial charge in [-0.3, -0.25) is 4.90 Å². The number of benzene rings is 1. The van der Waals surface area contributed by atoms with Crippen LogP contribution >= 0.6 is 0 Å². The molecule has 1 aromatic rings. The molecule has 0 spiro atoms. The van der Waals surface area contributed by atoms with Crippen LogP contribution in [-0.2, 0) is 9.84 Å². The maximum Gasteiger partial charge on any atom is 0.501 e. The maximum atomic E-state index is 12.7. The lowest BCUT2D eigenvalue weighted by atomic mass is 10.0. The van der Waals surface area contributed by atoms with Crippen molar-refractivity contribution in [1.29, 1.82) is 0 Å². The number of halogens is 3. The van der Waals surface area contributed by atoms with Gasteiger partial charge in [-0.25, -0.2) is 8.42 Å². The van der Waals surface area contributed by atoms with Crippen LogP contribution in [0.1, 0.15) is 32.8 Å². The highest BCUT2D eigenvalue weighted by Crippen LogP contribution is 2.36. The van der Waals surface area contributed by atoms with Crippen LogP contribution < -0.4 is 4.90 Å². The van der Waals surface area contributed by atoms with Gasteiger partial charge in [0.05, 0.1) is 11.4 Å². The number of quaternary nitrogens is 1. The molecule has 21 heavy (non-hydrogen) atoms. The summed E-state index contributed by atoms with van der Waals surface area (Å²) < 4.78 is 61.1. The molecule has 7 heteroatoms. The first kappa shape index (κ1) is 16.0. The van der Waals surface area contributed by atoms with E-state index in [1.807, 2.05) is 20.8 Å². The number of hydrogen-bond donors (Lipinski definition) is 1. The number of rotatable bonds is 3. The second-order valence-corrected chi connectivity index (χ2v) is 6.89. The molecule has 0 radical (unpaired) electrons. The zero-order chi connectivity index (χ0) is 16.0. The normalized spacial score (nSPS) is 19.0. The molecule has 0 saturated heterocycles. The first-order valence-corrected chi connectivity index (χ1v) is 8.15. The summed E-state index contributed by atoms with van der Waals surface area (Å²) >= 11 is 0. The average molecular weight is 320 g/mol. The van der Waals surface area contributed by atoms with Crippen molar-refractivity contribution in [3.05, 3.63) is 29.5 Å². The van der Waals surface area contributed by atoms with E-state index < -0.39 is 20.2 Å². The van der Waals surface area contributed by atoms with Crippen molar-refractivity contribution in [2.75, 3.05) is 6.54 Å². The molecule has 0 saturated carbocycles. The third kappa shape index (κ3) is 2.38. The van der Waals surface area contributed by atoms with E-state index in [9.17, 15) is 21.6 Å². The fraction of sp³-hybridized carbons (Fsp3) is 0.429. The van der Waals surface area contributed by atoms with Gasteiger partial charge in [0.25, 0.3) is 9.84 Å². The van der Waals surface area contributed by atoms with Crippen LogP contribution in [0.15, 0.2) is 28.8 Å². The van der Waals surface area contributed by atoms with Gasteiger partial charge in [0.15, 0.2) is 0 Å². The Hall–Kier alpha value is -1.34. The Morgan fingerprint density at radius 1 is 1.19 bits per heavy atom. The first-order valence-electron chi connectivity index (χ1n) is 6.67. The lowest BCUT2D eigenvalue weighted by Crippen LogP contribution is -3.03. The third-order valence-electron chi connectivity index (χ3n) is 3.87. The van der Waals surface area contributed by atoms with Crippen LogP contribution in [0.5, 0.6) is 0 Å². The summed E-state index contributed by atoms with van der Waals surface area (Å²) in [5, 5.41) is 0. The van der Waals surface area contributed by atoms with Crippen LogP contribution in [-0.4, -0.2) is 20.5 Å². The number of sulfone groups is 1. The summed E-state index contributed by atoms with van der Waals surface area (Å²) in [6.45, 7) is 6.46. The summed E-state index contributed by atoms with van der Waals surface area (Å²) in [5.41, 5.74) is -1.72. The molecule has 1 heterocycles. The van der Waals surface area contributed by atoms with Gasteiger partial charge in [0.1, 0.15) is 11.4 Å². The Morgan fingerprint density at radius 3 is 2.29 bits per heavy atom. The van der Waals surface area contributed by atoms with Crippen molar-refractivity contribution >= 4 is 21.1 Å². The largest absolute Gasteiger partial charge is 0.501 e. The smallest absolute Gasteiger partial charge is 0.273 e. The molecule has 0 bridgehead atoms. The molecular weight excluding hydrogens is 303 g/mol. The molecule has 0 aromatic heterocycles. The molecule has 0 amide bonds. The minimum atomic E-state index is -5.30. The lowest BCUT2D eigenvalue weighted by Gasteiger charge is -2.14. The van der Waals surface area contributed by atoms with Gasteiger partial charge in [-0.2, -0.15) is 13.2 Å². The molecule has 1 aliphatic heterocycles. The minimum absolute atomic E-state index is 0.608. The molecular formula is C14H17F3NO2S+. The van der Waals surface area contributed by atoms with E-state index in [0.29, 0.717) is 12.2 Å². The van der Waals surface area contributed by atoms with E-state index in [1.54, 1.807) is 0 Å². The standard InChI is InChI=1S/C14H16F3NO2S/c1-4-11-9(3)18(5-2)13-8-10(6-7-12(11)13)21(19,20)14(15,16)17/h6-8H,4-5H2,1-3H3/p+1. The highest BCUT2D eigenvalue weighted by Gasteiger charge is 2.47. The molecule has 1 aliphatic rings. The Kier molecular flexibility index (Phi) is 3.92. The summed E-state index contributed by atoms with van der Waals surface area (Å²) in [4.78, 5) is 0.228. The summed E-state index contributed by atoms with van der Waals surface area (Å²) in [6.07, 6.45) is 0.758. The summed E-state index contributed by atoms with van der Waals surface area (Å²) in [6, 6.07) is 3.69. The second kappa shape index (κ2) is 5.14. The molecule has 2 rings (SSSR count). The van der Waals surface area contributed by atoms with Crippen LogP contribution in [0, 0.1) is 0 Å². The average Bonchev–Trinajstić information content (AvgIpc) is 2.67. The maximum absolute atomic E-state index is 12.7. The van der Waals surface area contributed by atoms with Gasteiger partial charge in [-0.15, -0.1) is 0 Å². The Labute approximate surface area is 122 Å². The zero-order valence-corrected chi connectivity index (χ0v) is 12.8. The van der Waals surface area contributed by atoms with E-state index in [-0.39, 0.29) is 0 Å². The van der Waals surface area contributed by atoms with Crippen molar-refractivity contribution in [3.63, 3.8) is 0 Å². The van der Waals surface area contributed by atoms with E-state index in [1.165, 1.54) is 6.07 Å². The van der Waals surface area contributed by atoms with Crippen molar-refractivity contribution in [1.82, 2.24) is 0 Å². The SMILES string of the molecule is CCC1=C(C)[NH+](CC)c2cc(S(=O)(=O)C(F)(F)F)ccc21. The van der Waals surface area contributed by atoms with Gasteiger partial charge in [-0.1, -0.05) is 6.92 Å². The first-order chi connectivity index (χ1) is 9.65. The molecule has 0 aliphatic carbocycles. The van der Waals surface area contributed by atoms with Crippen LogP contribution in [0.4, 0.5) is 18.9 Å². The minimum Gasteiger partial charge on any atom is -0.273 e. The number of allylic oxidation sites excluding steroid dienone is 2. The highest BCUT2D eigenvalue weighted by atomic mass is 32.2. The molecule has 1 atom stereocenters. The molecule has 116 valence electrons. The molecule has 1 aromatic carbocycles. The number of nitrogens with one attached hydrogen (secondary N) is 1.